The fourth-order valence-electron chi connectivity index (χ4n) is 1.83. The number of aryl methyl sites for hydroxylation is 1. The van der Waals surface area contributed by atoms with E-state index in [1.54, 1.807) is 31.5 Å². The summed E-state index contributed by atoms with van der Waals surface area (Å²) in [4.78, 5) is 12.4. The van der Waals surface area contributed by atoms with Gasteiger partial charge in [-0.05, 0) is 48.4 Å². The van der Waals surface area contributed by atoms with Gasteiger partial charge in [0, 0.05) is 18.0 Å². The Kier molecular flexibility index (Phi) is 3.15. The molecule has 0 aliphatic carbocycles. The summed E-state index contributed by atoms with van der Waals surface area (Å²) in [6.45, 7) is 1.78. The first kappa shape index (κ1) is 12.7. The Morgan fingerprint density at radius 2 is 2.05 bits per heavy atom. The minimum Gasteiger partial charge on any atom is -0.207 e. The zero-order valence-corrected chi connectivity index (χ0v) is 11.2. The van der Waals surface area contributed by atoms with Gasteiger partial charge < -0.3 is 0 Å². The molecule has 3 aromatic rings. The van der Waals surface area contributed by atoms with Crippen LogP contribution in [0.4, 0.5) is 4.39 Å². The molecule has 0 atom stereocenters. The summed E-state index contributed by atoms with van der Waals surface area (Å²) in [7, 11) is 0. The molecule has 1 aromatic carbocycles. The lowest BCUT2D eigenvalue weighted by molar-refractivity contribution is 0.627. The van der Waals surface area contributed by atoms with Gasteiger partial charge >= 0.3 is 0 Å². The van der Waals surface area contributed by atoms with Crippen molar-refractivity contribution in [2.24, 2.45) is 0 Å². The minimum absolute atomic E-state index is 0.0595. The third-order valence-electron chi connectivity index (χ3n) is 2.73. The quantitative estimate of drug-likeness (QED) is 0.728. The average Bonchev–Trinajstić information content (AvgIpc) is 2.91. The van der Waals surface area contributed by atoms with Crippen molar-refractivity contribution in [3.8, 4) is 17.3 Å². The van der Waals surface area contributed by atoms with Crippen LogP contribution in [-0.4, -0.2) is 24.7 Å². The fourth-order valence-corrected chi connectivity index (χ4v) is 1.98. The van der Waals surface area contributed by atoms with Crippen LogP contribution >= 0.6 is 11.6 Å². The molecule has 3 rings (SSSR count). The second-order valence-corrected chi connectivity index (χ2v) is 4.48. The highest BCUT2D eigenvalue weighted by atomic mass is 35.5. The third-order valence-corrected chi connectivity index (χ3v) is 2.90. The summed E-state index contributed by atoms with van der Waals surface area (Å²) in [5.41, 5.74) is 1.42. The SMILES string of the molecule is Cc1cc(F)ccc1-c1nc(Cl)nc(-n2cccn2)n1. The van der Waals surface area contributed by atoms with Crippen LogP contribution in [0, 0.1) is 12.7 Å². The summed E-state index contributed by atoms with van der Waals surface area (Å²) in [5, 5.41) is 4.10. The lowest BCUT2D eigenvalue weighted by atomic mass is 10.1. The molecule has 2 aromatic heterocycles. The predicted octanol–water partition coefficient (Wildman–Crippen LogP) is 2.83. The van der Waals surface area contributed by atoms with Gasteiger partial charge in [0.15, 0.2) is 5.82 Å². The van der Waals surface area contributed by atoms with Crippen LogP contribution in [0.3, 0.4) is 0 Å². The largest absolute Gasteiger partial charge is 0.255 e. The Bertz CT molecular complexity index is 757. The lowest BCUT2D eigenvalue weighted by Crippen LogP contribution is -2.05. The van der Waals surface area contributed by atoms with Crippen LogP contribution in [0.15, 0.2) is 36.7 Å². The second kappa shape index (κ2) is 4.97. The lowest BCUT2D eigenvalue weighted by Gasteiger charge is -2.06. The van der Waals surface area contributed by atoms with E-state index >= 15 is 0 Å². The smallest absolute Gasteiger partial charge is 0.207 e. The van der Waals surface area contributed by atoms with Crippen molar-refractivity contribution in [1.82, 2.24) is 24.7 Å². The number of aromatic nitrogens is 5. The van der Waals surface area contributed by atoms with Crippen LogP contribution in [0.25, 0.3) is 17.3 Å². The van der Waals surface area contributed by atoms with E-state index in [2.05, 4.69) is 20.1 Å². The molecular formula is C13H9ClFN5. The Balaban J connectivity index is 2.14. The maximum atomic E-state index is 13.2. The first-order valence-electron chi connectivity index (χ1n) is 5.81. The molecule has 0 N–H and O–H groups in total. The van der Waals surface area contributed by atoms with Gasteiger partial charge in [-0.25, -0.2) is 9.07 Å². The maximum Gasteiger partial charge on any atom is 0.255 e. The summed E-state index contributed by atoms with van der Waals surface area (Å²) >= 11 is 5.92. The molecule has 7 heteroatoms. The zero-order valence-electron chi connectivity index (χ0n) is 10.5. The molecule has 0 fully saturated rings. The van der Waals surface area contributed by atoms with Gasteiger partial charge in [-0.15, -0.1) is 0 Å². The van der Waals surface area contributed by atoms with Crippen molar-refractivity contribution in [2.75, 3.05) is 0 Å². The number of halogens is 2. The second-order valence-electron chi connectivity index (χ2n) is 4.14. The molecule has 0 bridgehead atoms. The van der Waals surface area contributed by atoms with Gasteiger partial charge in [0.1, 0.15) is 5.82 Å². The minimum atomic E-state index is -0.307. The van der Waals surface area contributed by atoms with Gasteiger partial charge in [0.2, 0.25) is 5.28 Å². The van der Waals surface area contributed by atoms with E-state index in [1.807, 2.05) is 0 Å². The summed E-state index contributed by atoms with van der Waals surface area (Å²) < 4.78 is 14.6. The molecule has 5 nitrogen and oxygen atoms in total. The summed E-state index contributed by atoms with van der Waals surface area (Å²) in [6.07, 6.45) is 3.31. The first-order valence-corrected chi connectivity index (χ1v) is 6.19. The topological polar surface area (TPSA) is 56.5 Å². The van der Waals surface area contributed by atoms with Crippen LogP contribution in [0.1, 0.15) is 5.56 Å². The number of rotatable bonds is 2. The Morgan fingerprint density at radius 3 is 2.75 bits per heavy atom. The number of hydrogen-bond acceptors (Lipinski definition) is 4. The van der Waals surface area contributed by atoms with Gasteiger partial charge in [-0.3, -0.25) is 0 Å². The van der Waals surface area contributed by atoms with Crippen molar-refractivity contribution in [2.45, 2.75) is 6.92 Å². The third kappa shape index (κ3) is 2.37. The van der Waals surface area contributed by atoms with Crippen molar-refractivity contribution < 1.29 is 4.39 Å². The van der Waals surface area contributed by atoms with Gasteiger partial charge in [0.05, 0.1) is 0 Å². The Hall–Kier alpha value is -2.34. The van der Waals surface area contributed by atoms with E-state index in [9.17, 15) is 4.39 Å². The fraction of sp³-hybridized carbons (Fsp3) is 0.0769. The molecule has 100 valence electrons. The van der Waals surface area contributed by atoms with E-state index in [1.165, 1.54) is 16.8 Å². The highest BCUT2D eigenvalue weighted by molar-refractivity contribution is 6.28. The molecule has 0 saturated heterocycles. The van der Waals surface area contributed by atoms with Crippen molar-refractivity contribution in [3.05, 3.63) is 53.3 Å². The molecule has 0 amide bonds. The first-order chi connectivity index (χ1) is 9.63. The molecule has 0 saturated carbocycles. The molecule has 0 unspecified atom stereocenters. The maximum absolute atomic E-state index is 13.2. The normalized spacial score (nSPS) is 10.8. The monoisotopic (exact) mass is 289 g/mol. The van der Waals surface area contributed by atoms with Gasteiger partial charge in [0.25, 0.3) is 5.95 Å². The molecule has 0 spiro atoms. The van der Waals surface area contributed by atoms with Crippen LogP contribution in [0.5, 0.6) is 0 Å². The number of nitrogens with zero attached hydrogens (tertiary/aromatic N) is 5. The highest BCUT2D eigenvalue weighted by Crippen LogP contribution is 2.22. The molecule has 2 heterocycles. The van der Waals surface area contributed by atoms with Crippen molar-refractivity contribution in [3.63, 3.8) is 0 Å². The Labute approximate surface area is 119 Å². The van der Waals surface area contributed by atoms with Crippen LogP contribution < -0.4 is 0 Å². The van der Waals surface area contributed by atoms with Crippen molar-refractivity contribution >= 4 is 11.6 Å². The van der Waals surface area contributed by atoms with E-state index < -0.39 is 0 Å². The molecule has 0 aliphatic heterocycles. The summed E-state index contributed by atoms with van der Waals surface area (Å²) in [6, 6.07) is 6.14. The predicted molar refractivity (Wildman–Crippen MR) is 72.1 cm³/mol. The summed E-state index contributed by atoms with van der Waals surface area (Å²) in [5.74, 6) is 0.389. The average molecular weight is 290 g/mol. The molecule has 20 heavy (non-hydrogen) atoms. The van der Waals surface area contributed by atoms with Crippen molar-refractivity contribution in [1.29, 1.82) is 0 Å². The zero-order chi connectivity index (χ0) is 14.1. The number of benzene rings is 1. The highest BCUT2D eigenvalue weighted by Gasteiger charge is 2.11. The molecule has 0 radical (unpaired) electrons. The molecular weight excluding hydrogens is 281 g/mol. The number of hydrogen-bond donors (Lipinski definition) is 0. The van der Waals surface area contributed by atoms with E-state index in [0.29, 0.717) is 17.3 Å². The van der Waals surface area contributed by atoms with Gasteiger partial charge in [-0.1, -0.05) is 0 Å². The van der Waals surface area contributed by atoms with E-state index in [-0.39, 0.29) is 11.1 Å². The van der Waals surface area contributed by atoms with Crippen LogP contribution in [0.2, 0.25) is 5.28 Å². The van der Waals surface area contributed by atoms with Gasteiger partial charge in [-0.2, -0.15) is 20.1 Å². The van der Waals surface area contributed by atoms with E-state index in [0.717, 1.165) is 5.56 Å². The van der Waals surface area contributed by atoms with E-state index in [4.69, 9.17) is 11.6 Å². The molecule has 0 aliphatic rings. The Morgan fingerprint density at radius 1 is 1.20 bits per heavy atom. The standard InChI is InChI=1S/C13H9ClFN5/c1-8-7-9(15)3-4-10(8)11-17-12(14)19-13(18-11)20-6-2-5-16-20/h2-7H,1H3. The van der Waals surface area contributed by atoms with Crippen LogP contribution in [-0.2, 0) is 0 Å².